The van der Waals surface area contributed by atoms with Crippen molar-refractivity contribution in [3.05, 3.63) is 72.4 Å². The van der Waals surface area contributed by atoms with E-state index in [9.17, 15) is 23.1 Å². The fourth-order valence-corrected chi connectivity index (χ4v) is 6.51. The number of benzene rings is 2. The highest BCUT2D eigenvalue weighted by molar-refractivity contribution is 5.83. The van der Waals surface area contributed by atoms with Crippen LogP contribution in [0.5, 0.6) is 5.88 Å². The largest absolute Gasteiger partial charge is 0.481 e. The molecule has 2 atom stereocenters. The van der Waals surface area contributed by atoms with Crippen LogP contribution in [0.3, 0.4) is 0 Å². The molecule has 0 saturated carbocycles. The van der Waals surface area contributed by atoms with Crippen molar-refractivity contribution >= 4 is 5.97 Å². The van der Waals surface area contributed by atoms with E-state index in [-0.39, 0.29) is 18.9 Å². The summed E-state index contributed by atoms with van der Waals surface area (Å²) in [5.74, 6) is -0.304. The molecule has 3 aromatic rings. The van der Waals surface area contributed by atoms with Gasteiger partial charge < -0.3 is 14.6 Å². The molecule has 0 aliphatic heterocycles. The van der Waals surface area contributed by atoms with Crippen molar-refractivity contribution in [1.82, 2.24) is 4.98 Å². The van der Waals surface area contributed by atoms with Gasteiger partial charge in [0.1, 0.15) is 0 Å². The van der Waals surface area contributed by atoms with Gasteiger partial charge in [0.25, 0.3) is 0 Å². The summed E-state index contributed by atoms with van der Waals surface area (Å²) in [6, 6.07) is 20.3. The first kappa shape index (κ1) is 42.0. The Labute approximate surface area is 304 Å². The number of halogens is 3. The second kappa shape index (κ2) is 24.0. The van der Waals surface area contributed by atoms with Gasteiger partial charge in [0.2, 0.25) is 5.88 Å². The molecule has 0 radical (unpaired) electrons. The zero-order valence-corrected chi connectivity index (χ0v) is 30.9. The van der Waals surface area contributed by atoms with Crippen LogP contribution in [0, 0.1) is 0 Å². The molecule has 1 N–H and O–H groups in total. The van der Waals surface area contributed by atoms with Crippen LogP contribution in [0.25, 0.3) is 22.3 Å². The Morgan fingerprint density at radius 2 is 1.35 bits per heavy atom. The molecule has 0 saturated heterocycles. The normalized spacial score (nSPS) is 12.9. The topological polar surface area (TPSA) is 68.7 Å². The van der Waals surface area contributed by atoms with Crippen LogP contribution in [0.4, 0.5) is 13.2 Å². The molecule has 8 heteroatoms. The molecule has 5 nitrogen and oxygen atoms in total. The van der Waals surface area contributed by atoms with E-state index in [0.29, 0.717) is 38.2 Å². The van der Waals surface area contributed by atoms with Crippen molar-refractivity contribution < 1.29 is 32.5 Å². The predicted molar refractivity (Wildman–Crippen MR) is 201 cm³/mol. The van der Waals surface area contributed by atoms with Crippen molar-refractivity contribution in [2.45, 2.75) is 148 Å². The van der Waals surface area contributed by atoms with E-state index in [1.165, 1.54) is 70.6 Å². The minimum atomic E-state index is -4.40. The summed E-state index contributed by atoms with van der Waals surface area (Å²) >= 11 is 0. The summed E-state index contributed by atoms with van der Waals surface area (Å²) in [5.41, 5.74) is 5.02. The Hall–Kier alpha value is -3.39. The first-order valence-corrected chi connectivity index (χ1v) is 19.4. The highest BCUT2D eigenvalue weighted by Crippen LogP contribution is 2.37. The van der Waals surface area contributed by atoms with E-state index >= 15 is 0 Å². The standard InChI is InChI=1S/C43H60F3NO4/c1-3-4-5-6-7-8-9-10-11-12-13-14-18-30-51-41-29-27-38(33-47-41)40-32-37(26-28-39(40)36-21-16-15-17-22-36)35(23-19-25-42(48)49)24-20-31-50-34(2)43(44,45)46/h15-17,21-22,26-29,32-35H,3-14,18-20,23-25,30-31H2,1-2H3,(H,48,49). The van der Waals surface area contributed by atoms with Gasteiger partial charge in [0.05, 0.1) is 6.61 Å². The van der Waals surface area contributed by atoms with Crippen molar-refractivity contribution in [1.29, 1.82) is 0 Å². The number of carboxylic acid groups (broad SMARTS) is 1. The molecular weight excluding hydrogens is 651 g/mol. The van der Waals surface area contributed by atoms with Crippen LogP contribution >= 0.6 is 0 Å². The molecule has 0 aliphatic carbocycles. The lowest BCUT2D eigenvalue weighted by Crippen LogP contribution is -2.28. The molecule has 0 spiro atoms. The van der Waals surface area contributed by atoms with Crippen LogP contribution in [0.15, 0.2) is 66.9 Å². The Kier molecular flexibility index (Phi) is 19.7. The van der Waals surface area contributed by atoms with E-state index in [4.69, 9.17) is 9.47 Å². The molecule has 0 aliphatic rings. The maximum atomic E-state index is 12.9. The fraction of sp³-hybridized carbons (Fsp3) is 0.581. The highest BCUT2D eigenvalue weighted by Gasteiger charge is 2.36. The van der Waals surface area contributed by atoms with Crippen LogP contribution in [0.1, 0.15) is 141 Å². The van der Waals surface area contributed by atoms with E-state index in [0.717, 1.165) is 47.6 Å². The number of nitrogens with zero attached hydrogens (tertiary/aromatic N) is 1. The van der Waals surface area contributed by atoms with Crippen LogP contribution in [-0.4, -0.2) is 41.6 Å². The first-order valence-electron chi connectivity index (χ1n) is 19.4. The Morgan fingerprint density at radius 1 is 0.725 bits per heavy atom. The van der Waals surface area contributed by atoms with E-state index in [1.807, 2.05) is 36.5 Å². The molecule has 0 fully saturated rings. The maximum absolute atomic E-state index is 12.9. The number of ether oxygens (including phenoxy) is 2. The molecule has 282 valence electrons. The monoisotopic (exact) mass is 711 g/mol. The summed E-state index contributed by atoms with van der Waals surface area (Å²) in [6.45, 7) is 3.90. The van der Waals surface area contributed by atoms with Crippen molar-refractivity contribution in [2.75, 3.05) is 13.2 Å². The van der Waals surface area contributed by atoms with Crippen molar-refractivity contribution in [3.8, 4) is 28.1 Å². The van der Waals surface area contributed by atoms with Gasteiger partial charge >= 0.3 is 12.1 Å². The molecule has 0 amide bonds. The van der Waals surface area contributed by atoms with Gasteiger partial charge in [-0.25, -0.2) is 4.98 Å². The van der Waals surface area contributed by atoms with Gasteiger partial charge in [-0.2, -0.15) is 13.2 Å². The molecular formula is C43H60F3NO4. The van der Waals surface area contributed by atoms with Gasteiger partial charge in [0, 0.05) is 30.9 Å². The smallest absolute Gasteiger partial charge is 0.414 e. The zero-order valence-electron chi connectivity index (χ0n) is 30.9. The predicted octanol–water partition coefficient (Wildman–Crippen LogP) is 13.0. The molecule has 2 unspecified atom stereocenters. The minimum Gasteiger partial charge on any atom is -0.481 e. The molecule has 0 bridgehead atoms. The second-order valence-electron chi connectivity index (χ2n) is 13.8. The lowest BCUT2D eigenvalue weighted by Gasteiger charge is -2.21. The number of aliphatic carboxylic acids is 1. The fourth-order valence-electron chi connectivity index (χ4n) is 6.51. The quantitative estimate of drug-likeness (QED) is 0.0797. The van der Waals surface area contributed by atoms with Crippen LogP contribution < -0.4 is 4.74 Å². The number of alkyl halides is 3. The average Bonchev–Trinajstić information content (AvgIpc) is 3.12. The number of rotatable bonds is 27. The van der Waals surface area contributed by atoms with Crippen LogP contribution in [0.2, 0.25) is 0 Å². The average molecular weight is 712 g/mol. The zero-order chi connectivity index (χ0) is 36.7. The number of carbonyl (C=O) groups is 1. The number of aromatic nitrogens is 1. The molecule has 1 heterocycles. The first-order chi connectivity index (χ1) is 24.7. The Balaban J connectivity index is 1.59. The summed E-state index contributed by atoms with van der Waals surface area (Å²) in [6.07, 6.45) is 14.7. The molecule has 51 heavy (non-hydrogen) atoms. The SMILES string of the molecule is CCCCCCCCCCCCCCCOc1ccc(-c2cc(C(CCCOC(C)C(F)(F)F)CCCC(=O)O)ccc2-c2ccccc2)cn1. The van der Waals surface area contributed by atoms with Gasteiger partial charge in [-0.05, 0) is 73.3 Å². The van der Waals surface area contributed by atoms with Crippen LogP contribution in [-0.2, 0) is 9.53 Å². The van der Waals surface area contributed by atoms with Crippen molar-refractivity contribution in [3.63, 3.8) is 0 Å². The number of carboxylic acids is 1. The number of pyridine rings is 1. The minimum absolute atomic E-state index is 0.0181. The molecule has 3 rings (SSSR count). The third-order valence-corrected chi connectivity index (χ3v) is 9.61. The van der Waals surface area contributed by atoms with E-state index in [1.54, 1.807) is 0 Å². The van der Waals surface area contributed by atoms with Crippen molar-refractivity contribution in [2.24, 2.45) is 0 Å². The van der Waals surface area contributed by atoms with E-state index < -0.39 is 18.2 Å². The van der Waals surface area contributed by atoms with Gasteiger partial charge in [-0.1, -0.05) is 133 Å². The lowest BCUT2D eigenvalue weighted by atomic mass is 9.85. The third kappa shape index (κ3) is 16.7. The number of unbranched alkanes of at least 4 members (excludes halogenated alkanes) is 12. The van der Waals surface area contributed by atoms with E-state index in [2.05, 4.69) is 42.2 Å². The Morgan fingerprint density at radius 3 is 1.94 bits per heavy atom. The molecule has 1 aromatic heterocycles. The maximum Gasteiger partial charge on any atom is 0.414 e. The van der Waals surface area contributed by atoms with Gasteiger partial charge in [-0.15, -0.1) is 0 Å². The van der Waals surface area contributed by atoms with Gasteiger partial charge in [0.15, 0.2) is 6.10 Å². The summed E-state index contributed by atoms with van der Waals surface area (Å²) in [5, 5.41) is 9.24. The number of hydrogen-bond donors (Lipinski definition) is 1. The second-order valence-corrected chi connectivity index (χ2v) is 13.8. The summed E-state index contributed by atoms with van der Waals surface area (Å²) in [7, 11) is 0. The molecule has 2 aromatic carbocycles. The van der Waals surface area contributed by atoms with Gasteiger partial charge in [-0.3, -0.25) is 4.79 Å². The summed E-state index contributed by atoms with van der Waals surface area (Å²) in [4.78, 5) is 15.9. The Bertz CT molecular complexity index is 1360. The third-order valence-electron chi connectivity index (χ3n) is 9.61. The highest BCUT2D eigenvalue weighted by atomic mass is 19.4. The lowest BCUT2D eigenvalue weighted by molar-refractivity contribution is -0.214. The summed E-state index contributed by atoms with van der Waals surface area (Å²) < 4.78 is 49.9. The number of hydrogen-bond acceptors (Lipinski definition) is 4.